The molecule has 2 aromatic heterocycles. The predicted molar refractivity (Wildman–Crippen MR) is 119 cm³/mol. The van der Waals surface area contributed by atoms with Gasteiger partial charge in [-0.2, -0.15) is 0 Å². The Balaban J connectivity index is 1.49. The van der Waals surface area contributed by atoms with Crippen molar-refractivity contribution in [3.05, 3.63) is 77.9 Å². The van der Waals surface area contributed by atoms with Gasteiger partial charge < -0.3 is 15.0 Å². The fraction of sp³-hybridized carbons (Fsp3) is 0.333. The average Bonchev–Trinajstić information content (AvgIpc) is 2.80. The highest BCUT2D eigenvalue weighted by Gasteiger charge is 2.36. The molecule has 160 valence electrons. The molecule has 31 heavy (non-hydrogen) atoms. The van der Waals surface area contributed by atoms with Gasteiger partial charge in [-0.15, -0.1) is 0 Å². The Morgan fingerprint density at radius 2 is 1.94 bits per heavy atom. The third-order valence-corrected chi connectivity index (χ3v) is 5.58. The van der Waals surface area contributed by atoms with Crippen molar-refractivity contribution in [2.24, 2.45) is 0 Å². The van der Waals surface area contributed by atoms with Gasteiger partial charge in [0.05, 0.1) is 30.5 Å². The molecule has 1 atom stereocenters. The van der Waals surface area contributed by atoms with Crippen LogP contribution in [0.15, 0.2) is 61.1 Å². The molecule has 1 N–H and O–H groups in total. The molecule has 4 rings (SSSR count). The van der Waals surface area contributed by atoms with Crippen LogP contribution in [0.2, 0.25) is 0 Å². The van der Waals surface area contributed by atoms with Crippen LogP contribution in [0, 0.1) is 6.92 Å². The van der Waals surface area contributed by atoms with Gasteiger partial charge in [-0.1, -0.05) is 35.9 Å². The van der Waals surface area contributed by atoms with Crippen molar-refractivity contribution in [1.29, 1.82) is 0 Å². The maximum absolute atomic E-state index is 13.4. The molecule has 3 aromatic rings. The summed E-state index contributed by atoms with van der Waals surface area (Å²) in [5, 5.41) is 3.15. The van der Waals surface area contributed by atoms with E-state index in [-0.39, 0.29) is 12.0 Å². The largest absolute Gasteiger partial charge is 0.368 e. The first-order valence-electron chi connectivity index (χ1n) is 10.4. The van der Waals surface area contributed by atoms with E-state index < -0.39 is 5.41 Å². The lowest BCUT2D eigenvalue weighted by Gasteiger charge is -2.37. The molecule has 7 nitrogen and oxygen atoms in total. The van der Waals surface area contributed by atoms with Crippen LogP contribution in [-0.2, 0) is 14.9 Å². The van der Waals surface area contributed by atoms with Crippen LogP contribution in [-0.4, -0.2) is 45.5 Å². The summed E-state index contributed by atoms with van der Waals surface area (Å²) in [5.74, 6) is 1.37. The number of pyridine rings is 1. The van der Waals surface area contributed by atoms with E-state index in [4.69, 9.17) is 4.74 Å². The van der Waals surface area contributed by atoms with Crippen LogP contribution >= 0.6 is 0 Å². The monoisotopic (exact) mass is 417 g/mol. The molecule has 1 aromatic carbocycles. The number of nitrogens with one attached hydrogen (secondary N) is 1. The van der Waals surface area contributed by atoms with Gasteiger partial charge in [-0.05, 0) is 38.5 Å². The molecule has 0 unspecified atom stereocenters. The first-order chi connectivity index (χ1) is 14.9. The number of hydrogen-bond donors (Lipinski definition) is 1. The lowest BCUT2D eigenvalue weighted by atomic mass is 9.82. The molecule has 1 aliphatic heterocycles. The zero-order valence-corrected chi connectivity index (χ0v) is 18.1. The summed E-state index contributed by atoms with van der Waals surface area (Å²) in [4.78, 5) is 28.2. The van der Waals surface area contributed by atoms with Gasteiger partial charge >= 0.3 is 0 Å². The molecule has 0 radical (unpaired) electrons. The van der Waals surface area contributed by atoms with Crippen LogP contribution in [0.1, 0.15) is 36.8 Å². The van der Waals surface area contributed by atoms with E-state index in [0.29, 0.717) is 31.3 Å². The number of aryl methyl sites for hydroxylation is 1. The molecule has 1 fully saturated rings. The quantitative estimate of drug-likeness (QED) is 0.680. The van der Waals surface area contributed by atoms with Crippen molar-refractivity contribution in [2.45, 2.75) is 32.3 Å². The van der Waals surface area contributed by atoms with Crippen molar-refractivity contribution in [3.8, 4) is 0 Å². The molecule has 0 saturated carbocycles. The molecular formula is C24H27N5O2. The Kier molecular flexibility index (Phi) is 5.95. The third kappa shape index (κ3) is 4.72. The maximum Gasteiger partial charge on any atom is 0.232 e. The summed E-state index contributed by atoms with van der Waals surface area (Å²) in [7, 11) is 0. The second-order valence-electron chi connectivity index (χ2n) is 8.26. The van der Waals surface area contributed by atoms with Crippen molar-refractivity contribution in [1.82, 2.24) is 19.9 Å². The molecular weight excluding hydrogens is 390 g/mol. The zero-order valence-electron chi connectivity index (χ0n) is 18.1. The van der Waals surface area contributed by atoms with Gasteiger partial charge in [-0.25, -0.2) is 9.97 Å². The summed E-state index contributed by atoms with van der Waals surface area (Å²) >= 11 is 0. The number of benzene rings is 1. The van der Waals surface area contributed by atoms with Gasteiger partial charge in [0.2, 0.25) is 5.91 Å². The lowest BCUT2D eigenvalue weighted by molar-refractivity contribution is -0.144. The van der Waals surface area contributed by atoms with Gasteiger partial charge in [-0.3, -0.25) is 9.78 Å². The topological polar surface area (TPSA) is 80.2 Å². The maximum atomic E-state index is 13.4. The number of amides is 1. The molecule has 0 aliphatic carbocycles. The second kappa shape index (κ2) is 8.81. The first kappa shape index (κ1) is 20.9. The van der Waals surface area contributed by atoms with Crippen LogP contribution in [0.25, 0.3) is 0 Å². The Bertz CT molecular complexity index is 1040. The fourth-order valence-electron chi connectivity index (χ4n) is 3.70. The lowest BCUT2D eigenvalue weighted by Crippen LogP contribution is -2.49. The summed E-state index contributed by atoms with van der Waals surface area (Å²) in [6, 6.07) is 13.9. The molecule has 1 saturated heterocycles. The van der Waals surface area contributed by atoms with Crippen molar-refractivity contribution < 1.29 is 9.53 Å². The number of carbonyl (C=O) groups excluding carboxylic acids is 1. The highest BCUT2D eigenvalue weighted by atomic mass is 16.5. The van der Waals surface area contributed by atoms with E-state index in [1.165, 1.54) is 5.56 Å². The zero-order chi connectivity index (χ0) is 21.8. The summed E-state index contributed by atoms with van der Waals surface area (Å²) in [6.45, 7) is 7.52. The first-order valence-corrected chi connectivity index (χ1v) is 10.4. The smallest absolute Gasteiger partial charge is 0.232 e. The molecule has 0 spiro atoms. The number of anilines is 2. The molecule has 1 aliphatic rings. The van der Waals surface area contributed by atoms with Crippen LogP contribution < -0.4 is 5.32 Å². The molecule has 3 heterocycles. The van der Waals surface area contributed by atoms with Gasteiger partial charge in [0, 0.05) is 18.9 Å². The minimum absolute atomic E-state index is 0.0958. The molecule has 7 heteroatoms. The number of carbonyl (C=O) groups is 1. The Labute approximate surface area is 182 Å². The van der Waals surface area contributed by atoms with Gasteiger partial charge in [0.15, 0.2) is 0 Å². The summed E-state index contributed by atoms with van der Waals surface area (Å²) in [6.07, 6.45) is 4.60. The number of hydrogen-bond acceptors (Lipinski definition) is 6. The van der Waals surface area contributed by atoms with E-state index in [0.717, 1.165) is 11.3 Å². The molecule has 0 bridgehead atoms. The number of morpholine rings is 1. The Hall–Kier alpha value is -3.32. The van der Waals surface area contributed by atoms with E-state index >= 15 is 0 Å². The van der Waals surface area contributed by atoms with E-state index in [1.54, 1.807) is 18.6 Å². The average molecular weight is 418 g/mol. The van der Waals surface area contributed by atoms with Crippen LogP contribution in [0.5, 0.6) is 0 Å². The van der Waals surface area contributed by atoms with E-state index in [1.807, 2.05) is 68.1 Å². The third-order valence-electron chi connectivity index (χ3n) is 5.58. The predicted octanol–water partition coefficient (Wildman–Crippen LogP) is 3.80. The second-order valence-corrected chi connectivity index (χ2v) is 8.26. The van der Waals surface area contributed by atoms with Crippen molar-refractivity contribution >= 4 is 17.5 Å². The highest BCUT2D eigenvalue weighted by molar-refractivity contribution is 5.87. The minimum Gasteiger partial charge on any atom is -0.368 e. The van der Waals surface area contributed by atoms with Gasteiger partial charge in [0.25, 0.3) is 0 Å². The number of ether oxygens (including phenoxy) is 1. The SMILES string of the molecule is Cc1ccc(C(C)(C)C(=O)N2CCO[C@@H](c3cccc(Nc4cnccn4)n3)C2)cc1. The number of rotatable bonds is 5. The normalized spacial score (nSPS) is 16.7. The minimum atomic E-state index is -0.613. The van der Waals surface area contributed by atoms with E-state index in [2.05, 4.69) is 20.3 Å². The summed E-state index contributed by atoms with van der Waals surface area (Å²) < 4.78 is 5.97. The number of aromatic nitrogens is 3. The van der Waals surface area contributed by atoms with Crippen molar-refractivity contribution in [2.75, 3.05) is 25.0 Å². The van der Waals surface area contributed by atoms with Crippen LogP contribution in [0.3, 0.4) is 0 Å². The fourth-order valence-corrected chi connectivity index (χ4v) is 3.70. The molecule has 1 amide bonds. The number of nitrogens with zero attached hydrogens (tertiary/aromatic N) is 4. The Morgan fingerprint density at radius 1 is 1.13 bits per heavy atom. The highest BCUT2D eigenvalue weighted by Crippen LogP contribution is 2.29. The van der Waals surface area contributed by atoms with Crippen LogP contribution in [0.4, 0.5) is 11.6 Å². The summed E-state index contributed by atoms with van der Waals surface area (Å²) in [5.41, 5.74) is 2.36. The standard InChI is InChI=1S/C24H27N5O2/c1-17-7-9-18(10-8-17)24(2,3)23(30)29-13-14-31-20(16-29)19-5-4-6-21(27-19)28-22-15-25-11-12-26-22/h4-12,15,20H,13-14,16H2,1-3H3,(H,26,27,28)/t20-/m1/s1. The Morgan fingerprint density at radius 3 is 2.68 bits per heavy atom. The van der Waals surface area contributed by atoms with E-state index in [9.17, 15) is 4.79 Å². The van der Waals surface area contributed by atoms with Gasteiger partial charge in [0.1, 0.15) is 17.7 Å². The van der Waals surface area contributed by atoms with Crippen molar-refractivity contribution in [3.63, 3.8) is 0 Å².